The number of fused-ring (bicyclic) bond motifs is 2. The number of hydrogen-bond donors (Lipinski definition) is 3. The first kappa shape index (κ1) is 29.4. The minimum absolute atomic E-state index is 0.190. The van der Waals surface area contributed by atoms with Crippen molar-refractivity contribution in [3.8, 4) is 0 Å². The number of nitrogens with zero attached hydrogens (tertiary/aromatic N) is 2. The Kier molecular flexibility index (Phi) is 8.27. The predicted octanol–water partition coefficient (Wildman–Crippen LogP) is 4.81. The zero-order chi connectivity index (χ0) is 30.1. The van der Waals surface area contributed by atoms with Crippen LogP contribution < -0.4 is 10.2 Å². The minimum atomic E-state index is -1.26. The number of aromatic nitrogens is 1. The SMILES string of the molecule is CCc1c2c(cc(N3CCC(c4noc5cc(F)ccc45)CC3)c1C(C)(C)C)C(=O)NC2=O.O=C(O)/C=C/C(=O)O. The molecule has 216 valence electrons. The topological polar surface area (TPSA) is 150 Å². The van der Waals surface area contributed by atoms with Crippen molar-refractivity contribution in [1.82, 2.24) is 10.5 Å². The van der Waals surface area contributed by atoms with Gasteiger partial charge in [0.2, 0.25) is 0 Å². The van der Waals surface area contributed by atoms with Gasteiger partial charge in [0, 0.05) is 48.3 Å². The summed E-state index contributed by atoms with van der Waals surface area (Å²) in [6.07, 6.45) is 3.53. The second-order valence-electron chi connectivity index (χ2n) is 11.0. The first-order valence-corrected chi connectivity index (χ1v) is 13.3. The summed E-state index contributed by atoms with van der Waals surface area (Å²) in [4.78, 5) is 46.5. The van der Waals surface area contributed by atoms with Crippen molar-refractivity contribution in [2.75, 3.05) is 18.0 Å². The van der Waals surface area contributed by atoms with Gasteiger partial charge in [-0.15, -0.1) is 0 Å². The molecule has 3 N–H and O–H groups in total. The Hall–Kier alpha value is -4.54. The summed E-state index contributed by atoms with van der Waals surface area (Å²) < 4.78 is 18.9. The lowest BCUT2D eigenvalue weighted by Crippen LogP contribution is -2.35. The van der Waals surface area contributed by atoms with E-state index in [0.29, 0.717) is 35.3 Å². The number of carboxylic acid groups (broad SMARTS) is 2. The molecule has 2 aliphatic heterocycles. The maximum Gasteiger partial charge on any atom is 0.328 e. The molecule has 1 fully saturated rings. The molecule has 0 saturated carbocycles. The molecule has 0 aliphatic carbocycles. The number of carbonyl (C=O) groups excluding carboxylic acids is 2. The maximum absolute atomic E-state index is 13.5. The van der Waals surface area contributed by atoms with Crippen molar-refractivity contribution in [3.05, 3.63) is 70.2 Å². The number of amides is 2. The van der Waals surface area contributed by atoms with E-state index in [1.807, 2.05) is 13.0 Å². The van der Waals surface area contributed by atoms with Crippen LogP contribution in [0.4, 0.5) is 10.1 Å². The third-order valence-corrected chi connectivity index (χ3v) is 7.27. The van der Waals surface area contributed by atoms with Gasteiger partial charge in [-0.05, 0) is 54.0 Å². The van der Waals surface area contributed by atoms with Gasteiger partial charge in [-0.25, -0.2) is 14.0 Å². The number of anilines is 1. The van der Waals surface area contributed by atoms with Crippen LogP contribution in [0.2, 0.25) is 0 Å². The Morgan fingerprint density at radius 1 is 1.10 bits per heavy atom. The highest BCUT2D eigenvalue weighted by molar-refractivity contribution is 6.22. The highest BCUT2D eigenvalue weighted by atomic mass is 19.1. The third kappa shape index (κ3) is 6.13. The largest absolute Gasteiger partial charge is 0.478 e. The molecule has 0 spiro atoms. The van der Waals surface area contributed by atoms with Crippen molar-refractivity contribution in [3.63, 3.8) is 0 Å². The maximum atomic E-state index is 13.5. The summed E-state index contributed by atoms with van der Waals surface area (Å²) in [5, 5.41) is 23.2. The second kappa shape index (κ2) is 11.5. The number of carbonyl (C=O) groups is 4. The summed E-state index contributed by atoms with van der Waals surface area (Å²) in [7, 11) is 0. The molecule has 3 heterocycles. The quantitative estimate of drug-likeness (QED) is 0.293. The number of rotatable bonds is 5. The van der Waals surface area contributed by atoms with Crippen LogP contribution >= 0.6 is 0 Å². The Morgan fingerprint density at radius 3 is 2.29 bits per heavy atom. The molecular weight excluding hydrogens is 533 g/mol. The molecule has 0 atom stereocenters. The number of piperidine rings is 1. The van der Waals surface area contributed by atoms with Gasteiger partial charge in [-0.3, -0.25) is 14.9 Å². The van der Waals surface area contributed by atoms with E-state index in [1.165, 1.54) is 12.1 Å². The standard InChI is InChI=1S/C26H28FN3O3.C4H4O4/c1-5-16-21-18(24(31)28-25(21)32)13-19(22(16)26(2,3)4)30-10-8-14(9-11-30)23-17-7-6-15(27)12-20(17)33-29-23;5-3(6)1-2-4(7)8/h6-7,12-14H,5,8-11H2,1-4H3,(H,28,31,32);1-2H,(H,5,6)(H,7,8)/b;2-1+. The van der Waals surface area contributed by atoms with Gasteiger partial charge in [-0.1, -0.05) is 32.9 Å². The molecule has 0 radical (unpaired) electrons. The van der Waals surface area contributed by atoms with Crippen molar-refractivity contribution in [1.29, 1.82) is 0 Å². The molecule has 10 nitrogen and oxygen atoms in total. The second-order valence-corrected chi connectivity index (χ2v) is 11.0. The third-order valence-electron chi connectivity index (χ3n) is 7.27. The van der Waals surface area contributed by atoms with Crippen LogP contribution in [-0.4, -0.2) is 52.2 Å². The minimum Gasteiger partial charge on any atom is -0.478 e. The zero-order valence-corrected chi connectivity index (χ0v) is 23.3. The highest BCUT2D eigenvalue weighted by Gasteiger charge is 2.37. The summed E-state index contributed by atoms with van der Waals surface area (Å²) in [6, 6.07) is 6.46. The van der Waals surface area contributed by atoms with Gasteiger partial charge in [-0.2, -0.15) is 0 Å². The zero-order valence-electron chi connectivity index (χ0n) is 23.3. The number of imide groups is 1. The summed E-state index contributed by atoms with van der Waals surface area (Å²) in [6.45, 7) is 10.1. The van der Waals surface area contributed by atoms with Gasteiger partial charge in [0.25, 0.3) is 11.8 Å². The first-order valence-electron chi connectivity index (χ1n) is 13.3. The van der Waals surface area contributed by atoms with Gasteiger partial charge in [0.15, 0.2) is 5.58 Å². The fourth-order valence-corrected chi connectivity index (χ4v) is 5.60. The molecule has 41 heavy (non-hydrogen) atoms. The molecule has 2 aliphatic rings. The van der Waals surface area contributed by atoms with Gasteiger partial charge < -0.3 is 19.6 Å². The number of halogens is 1. The lowest BCUT2D eigenvalue weighted by molar-refractivity contribution is -0.134. The summed E-state index contributed by atoms with van der Waals surface area (Å²) in [5.74, 6) is -3.24. The number of hydrogen-bond acceptors (Lipinski definition) is 7. The number of nitrogens with one attached hydrogen (secondary N) is 1. The lowest BCUT2D eigenvalue weighted by Gasteiger charge is -2.38. The fraction of sp³-hybridized carbons (Fsp3) is 0.367. The van der Waals surface area contributed by atoms with Gasteiger partial charge in [0.1, 0.15) is 5.82 Å². The average molecular weight is 566 g/mol. The molecular formula is C30H32FN3O7. The van der Waals surface area contributed by atoms with Crippen molar-refractivity contribution < 1.29 is 38.3 Å². The Balaban J connectivity index is 0.000000426. The molecule has 3 aromatic rings. The Labute approximate surface area is 235 Å². The predicted molar refractivity (Wildman–Crippen MR) is 149 cm³/mol. The highest BCUT2D eigenvalue weighted by Crippen LogP contribution is 2.42. The van der Waals surface area contributed by atoms with Crippen molar-refractivity contribution >= 4 is 40.4 Å². The normalized spacial score (nSPS) is 15.6. The summed E-state index contributed by atoms with van der Waals surface area (Å²) in [5.41, 5.74) is 5.31. The average Bonchev–Trinajstić information content (AvgIpc) is 3.45. The van der Waals surface area contributed by atoms with E-state index in [1.54, 1.807) is 6.07 Å². The number of carboxylic acids is 2. The molecule has 2 aromatic carbocycles. The van der Waals surface area contributed by atoms with E-state index in [4.69, 9.17) is 14.7 Å². The van der Waals surface area contributed by atoms with E-state index in [0.717, 1.165) is 53.8 Å². The molecule has 2 amide bonds. The molecule has 1 aromatic heterocycles. The molecule has 1 saturated heterocycles. The number of aliphatic carboxylic acids is 2. The monoisotopic (exact) mass is 565 g/mol. The summed E-state index contributed by atoms with van der Waals surface area (Å²) >= 11 is 0. The Bertz CT molecular complexity index is 1540. The van der Waals surface area contributed by atoms with Crippen LogP contribution in [0.3, 0.4) is 0 Å². The smallest absolute Gasteiger partial charge is 0.328 e. The Morgan fingerprint density at radius 2 is 1.73 bits per heavy atom. The van der Waals surface area contributed by atoms with Crippen molar-refractivity contribution in [2.24, 2.45) is 0 Å². The van der Waals surface area contributed by atoms with Gasteiger partial charge in [0.05, 0.1) is 16.8 Å². The van der Waals surface area contributed by atoms with E-state index in [2.05, 4.69) is 36.1 Å². The van der Waals surface area contributed by atoms with Crippen LogP contribution in [0.1, 0.15) is 84.0 Å². The first-order chi connectivity index (χ1) is 19.3. The lowest BCUT2D eigenvalue weighted by atomic mass is 9.78. The van der Waals surface area contributed by atoms with Crippen LogP contribution in [-0.2, 0) is 21.4 Å². The van der Waals surface area contributed by atoms with Crippen LogP contribution in [0.25, 0.3) is 11.0 Å². The molecule has 5 rings (SSSR count). The molecule has 0 unspecified atom stereocenters. The van der Waals surface area contributed by atoms with E-state index in [-0.39, 0.29) is 29.0 Å². The molecule has 11 heteroatoms. The fourth-order valence-electron chi connectivity index (χ4n) is 5.60. The van der Waals surface area contributed by atoms with Crippen LogP contribution in [0.5, 0.6) is 0 Å². The van der Waals surface area contributed by atoms with Crippen LogP contribution in [0, 0.1) is 5.82 Å². The van der Waals surface area contributed by atoms with E-state index >= 15 is 0 Å². The van der Waals surface area contributed by atoms with E-state index in [9.17, 15) is 23.6 Å². The molecule has 0 bridgehead atoms. The van der Waals surface area contributed by atoms with Crippen molar-refractivity contribution in [2.45, 2.75) is 58.3 Å². The van der Waals surface area contributed by atoms with Crippen LogP contribution in [0.15, 0.2) is 40.9 Å². The van der Waals surface area contributed by atoms with Gasteiger partial charge >= 0.3 is 11.9 Å². The number of benzene rings is 2. The van der Waals surface area contributed by atoms with E-state index < -0.39 is 11.9 Å².